The summed E-state index contributed by atoms with van der Waals surface area (Å²) in [5.41, 5.74) is 0.892. The quantitative estimate of drug-likeness (QED) is 0.638. The molecule has 9 nitrogen and oxygen atoms in total. The fourth-order valence-electron chi connectivity index (χ4n) is 5.66. The highest BCUT2D eigenvalue weighted by molar-refractivity contribution is 5.91. The molecule has 5 rings (SSSR count). The number of hydrogen-bond donors (Lipinski definition) is 2. The number of ether oxygens (including phenoxy) is 1. The Morgan fingerprint density at radius 2 is 1.69 bits per heavy atom. The molecule has 9 heteroatoms. The van der Waals surface area contributed by atoms with Gasteiger partial charge in [-0.3, -0.25) is 4.90 Å². The average molecular weight is 495 g/mol. The molecule has 2 N–H and O–H groups in total. The maximum atomic E-state index is 13.9. The van der Waals surface area contributed by atoms with Gasteiger partial charge in [-0.2, -0.15) is 0 Å². The first-order valence-electron chi connectivity index (χ1n) is 13.2. The van der Waals surface area contributed by atoms with Gasteiger partial charge in [0, 0.05) is 31.7 Å². The van der Waals surface area contributed by atoms with Gasteiger partial charge in [0.15, 0.2) is 0 Å². The van der Waals surface area contributed by atoms with Crippen molar-refractivity contribution in [1.29, 1.82) is 0 Å². The third-order valence-electron chi connectivity index (χ3n) is 8.10. The molecule has 2 amide bonds. The van der Waals surface area contributed by atoms with Crippen molar-refractivity contribution in [3.05, 3.63) is 48.3 Å². The van der Waals surface area contributed by atoms with Gasteiger partial charge in [-0.05, 0) is 51.1 Å². The number of hydrogen-bond acceptors (Lipinski definition) is 7. The Bertz CT molecular complexity index is 1010. The molecular weight excluding hydrogens is 456 g/mol. The zero-order valence-corrected chi connectivity index (χ0v) is 21.2. The third kappa shape index (κ3) is 5.19. The number of carbonyl (C=O) groups is 1. The minimum Gasteiger partial charge on any atom is -0.388 e. The number of carbonyl (C=O) groups excluding carboxylic acids is 1. The Balaban J connectivity index is 1.41. The van der Waals surface area contributed by atoms with Crippen molar-refractivity contribution in [1.82, 2.24) is 20.2 Å². The van der Waals surface area contributed by atoms with Crippen LogP contribution in [0.25, 0.3) is 0 Å². The third-order valence-corrected chi connectivity index (χ3v) is 8.10. The monoisotopic (exact) mass is 494 g/mol. The molecule has 3 heterocycles. The summed E-state index contributed by atoms with van der Waals surface area (Å²) in [5.74, 6) is 0.665. The van der Waals surface area contributed by atoms with Gasteiger partial charge in [-0.25, -0.2) is 14.8 Å². The van der Waals surface area contributed by atoms with E-state index < -0.39 is 5.60 Å². The van der Waals surface area contributed by atoms with Crippen molar-refractivity contribution < 1.29 is 14.6 Å². The summed E-state index contributed by atoms with van der Waals surface area (Å²) < 4.78 is 5.43. The van der Waals surface area contributed by atoms with E-state index in [0.29, 0.717) is 44.5 Å². The minimum atomic E-state index is -0.791. The first-order chi connectivity index (χ1) is 17.5. The van der Waals surface area contributed by atoms with Gasteiger partial charge in [-0.15, -0.1) is 0 Å². The number of aliphatic hydroxyl groups is 1. The Morgan fingerprint density at radius 3 is 2.33 bits per heavy atom. The van der Waals surface area contributed by atoms with E-state index in [-0.39, 0.29) is 11.6 Å². The van der Waals surface area contributed by atoms with Crippen LogP contribution in [0, 0.1) is 0 Å². The molecule has 2 aliphatic heterocycles. The fraction of sp³-hybridized carbons (Fsp3) is 0.593. The maximum Gasteiger partial charge on any atom is 0.324 e. The van der Waals surface area contributed by atoms with Gasteiger partial charge in [0.05, 0.1) is 43.4 Å². The maximum absolute atomic E-state index is 13.9. The Morgan fingerprint density at radius 1 is 0.972 bits per heavy atom. The number of morpholine rings is 1. The zero-order valence-electron chi connectivity index (χ0n) is 21.2. The molecule has 2 aromatic rings. The van der Waals surface area contributed by atoms with Crippen molar-refractivity contribution in [3.63, 3.8) is 0 Å². The standard InChI is InChI=1S/C27H38N6O3/c1-28-27(22-7-3-2-4-8-22)11-6-13-33(25(34)32(14-12-27)21-26(35)9-5-10-26)23-19-29-24(30-20-23)31-15-17-36-18-16-31/h2-4,7-8,19-20,28,35H,5-6,9-18,21H2,1H3/t27-/m0/s1. The predicted molar refractivity (Wildman–Crippen MR) is 139 cm³/mol. The molecule has 1 atom stereocenters. The normalized spacial score (nSPS) is 25.1. The van der Waals surface area contributed by atoms with Gasteiger partial charge in [0.2, 0.25) is 5.95 Å². The molecule has 2 saturated heterocycles. The fourth-order valence-corrected chi connectivity index (χ4v) is 5.66. The molecule has 1 aliphatic carbocycles. The van der Waals surface area contributed by atoms with E-state index in [2.05, 4.69) is 44.5 Å². The molecule has 3 aliphatic rings. The molecule has 36 heavy (non-hydrogen) atoms. The molecule has 0 spiro atoms. The van der Waals surface area contributed by atoms with Gasteiger partial charge >= 0.3 is 6.03 Å². The van der Waals surface area contributed by atoms with E-state index in [0.717, 1.165) is 51.6 Å². The molecule has 0 unspecified atom stereocenters. The van der Waals surface area contributed by atoms with Crippen LogP contribution in [-0.4, -0.2) is 84.6 Å². The number of β-amino-alcohol motifs (C(OH)–C–C–N with tert-alkyl or cyclic N) is 1. The summed E-state index contributed by atoms with van der Waals surface area (Å²) in [7, 11) is 2.01. The number of benzene rings is 1. The smallest absolute Gasteiger partial charge is 0.324 e. The van der Waals surface area contributed by atoms with E-state index in [1.54, 1.807) is 17.3 Å². The van der Waals surface area contributed by atoms with Crippen molar-refractivity contribution >= 4 is 17.7 Å². The Hall–Kier alpha value is -2.75. The zero-order chi connectivity index (χ0) is 25.0. The highest BCUT2D eigenvalue weighted by Gasteiger charge is 2.41. The summed E-state index contributed by atoms with van der Waals surface area (Å²) in [5, 5.41) is 14.6. The molecule has 3 fully saturated rings. The lowest BCUT2D eigenvalue weighted by Crippen LogP contribution is -2.54. The molecule has 1 aromatic carbocycles. The van der Waals surface area contributed by atoms with Crippen molar-refractivity contribution in [3.8, 4) is 0 Å². The summed E-state index contributed by atoms with van der Waals surface area (Å²) in [4.78, 5) is 28.9. The number of rotatable bonds is 6. The second kappa shape index (κ2) is 10.7. The lowest BCUT2D eigenvalue weighted by Gasteiger charge is -2.42. The predicted octanol–water partition coefficient (Wildman–Crippen LogP) is 2.76. The van der Waals surface area contributed by atoms with Crippen LogP contribution in [0.2, 0.25) is 0 Å². The lowest BCUT2D eigenvalue weighted by molar-refractivity contribution is -0.0513. The molecular formula is C27H38N6O3. The van der Waals surface area contributed by atoms with Gasteiger partial charge < -0.3 is 25.0 Å². The van der Waals surface area contributed by atoms with Crippen LogP contribution in [0.3, 0.4) is 0 Å². The SMILES string of the molecule is CN[C@@]1(c2ccccc2)CCCN(c2cnc(N3CCOCC3)nc2)C(=O)N(CC2(O)CCC2)CC1. The number of nitrogens with zero attached hydrogens (tertiary/aromatic N) is 5. The summed E-state index contributed by atoms with van der Waals surface area (Å²) >= 11 is 0. The van der Waals surface area contributed by atoms with Crippen LogP contribution in [0.5, 0.6) is 0 Å². The molecule has 0 bridgehead atoms. The Kier molecular flexibility index (Phi) is 7.41. The molecule has 1 saturated carbocycles. The lowest BCUT2D eigenvalue weighted by atomic mass is 9.79. The van der Waals surface area contributed by atoms with Crippen molar-refractivity contribution in [2.45, 2.75) is 49.7 Å². The average Bonchev–Trinajstić information content (AvgIpc) is 2.98. The second-order valence-corrected chi connectivity index (χ2v) is 10.3. The summed E-state index contributed by atoms with van der Waals surface area (Å²) in [6.45, 7) is 4.33. The largest absolute Gasteiger partial charge is 0.388 e. The Labute approximate surface area is 213 Å². The second-order valence-electron chi connectivity index (χ2n) is 10.3. The molecule has 194 valence electrons. The van der Waals surface area contributed by atoms with E-state index in [1.807, 2.05) is 18.0 Å². The first kappa shape index (κ1) is 24.9. The molecule has 0 radical (unpaired) electrons. The van der Waals surface area contributed by atoms with E-state index >= 15 is 0 Å². The van der Waals surface area contributed by atoms with E-state index in [1.165, 1.54) is 5.56 Å². The van der Waals surface area contributed by atoms with Gasteiger partial charge in [0.25, 0.3) is 0 Å². The number of urea groups is 1. The van der Waals surface area contributed by atoms with Crippen molar-refractivity contribution in [2.24, 2.45) is 0 Å². The van der Waals surface area contributed by atoms with E-state index in [9.17, 15) is 9.90 Å². The number of anilines is 2. The first-order valence-corrected chi connectivity index (χ1v) is 13.2. The minimum absolute atomic E-state index is 0.0852. The highest BCUT2D eigenvalue weighted by Crippen LogP contribution is 2.36. The highest BCUT2D eigenvalue weighted by atomic mass is 16.5. The van der Waals surface area contributed by atoms with Crippen LogP contribution >= 0.6 is 0 Å². The van der Waals surface area contributed by atoms with Gasteiger partial charge in [0.1, 0.15) is 0 Å². The summed E-state index contributed by atoms with van der Waals surface area (Å²) in [6, 6.07) is 10.4. The van der Waals surface area contributed by atoms with Crippen LogP contribution in [0.15, 0.2) is 42.7 Å². The van der Waals surface area contributed by atoms with Crippen LogP contribution in [-0.2, 0) is 10.3 Å². The van der Waals surface area contributed by atoms with Crippen molar-refractivity contribution in [2.75, 3.05) is 62.8 Å². The number of nitrogens with one attached hydrogen (secondary N) is 1. The number of aromatic nitrogens is 2. The van der Waals surface area contributed by atoms with Crippen LogP contribution in [0.1, 0.15) is 44.1 Å². The van der Waals surface area contributed by atoms with Crippen LogP contribution in [0.4, 0.5) is 16.4 Å². The van der Waals surface area contributed by atoms with Crippen LogP contribution < -0.4 is 15.1 Å². The molecule has 1 aromatic heterocycles. The van der Waals surface area contributed by atoms with Gasteiger partial charge in [-0.1, -0.05) is 30.3 Å². The number of amides is 2. The summed E-state index contributed by atoms with van der Waals surface area (Å²) in [6.07, 6.45) is 8.48. The van der Waals surface area contributed by atoms with E-state index in [4.69, 9.17) is 4.74 Å². The topological polar surface area (TPSA) is 94.1 Å².